The number of nitrogens with zero attached hydrogens (tertiary/aromatic N) is 2. The van der Waals surface area contributed by atoms with Crippen LogP contribution < -0.4 is 14.6 Å². The summed E-state index contributed by atoms with van der Waals surface area (Å²) < 4.78 is 31.1. The van der Waals surface area contributed by atoms with Gasteiger partial charge in [0.05, 0.1) is 6.61 Å². The first-order chi connectivity index (χ1) is 15.8. The number of carbonyl (C=O) groups excluding carboxylic acids is 1. The Balaban J connectivity index is 1.55. The van der Waals surface area contributed by atoms with Crippen LogP contribution in [0, 0.1) is 0 Å². The maximum absolute atomic E-state index is 12.1. The lowest BCUT2D eigenvalue weighted by Crippen LogP contribution is -2.35. The summed E-state index contributed by atoms with van der Waals surface area (Å²) in [7, 11) is -7.91. The number of hydrogen-bond acceptors (Lipinski definition) is 6. The topological polar surface area (TPSA) is 170 Å². The minimum Gasteiger partial charge on any atom is -0.491 e. The Morgan fingerprint density at radius 1 is 1.12 bits per heavy atom. The third kappa shape index (κ3) is 5.46. The highest BCUT2D eigenvalue weighted by Crippen LogP contribution is 2.69. The van der Waals surface area contributed by atoms with Gasteiger partial charge in [-0.3, -0.25) is 13.9 Å². The summed E-state index contributed by atoms with van der Waals surface area (Å²) in [5, 5.41) is 9.33. The average Bonchev–Trinajstić information content (AvgIpc) is 2.75. The Hall–Kier alpha value is -2.39. The molecule has 0 fully saturated rings. The van der Waals surface area contributed by atoms with Crippen LogP contribution in [-0.4, -0.2) is 55.6 Å². The highest BCUT2D eigenvalue weighted by atomic mass is 31.2. The van der Waals surface area contributed by atoms with Crippen LogP contribution in [0.1, 0.15) is 19.3 Å². The van der Waals surface area contributed by atoms with E-state index in [1.54, 1.807) is 6.07 Å². The molecule has 1 aromatic heterocycles. The molecule has 13 heteroatoms. The molecule has 3 aromatic rings. The zero-order valence-electron chi connectivity index (χ0n) is 18.8. The highest BCUT2D eigenvalue weighted by molar-refractivity contribution is 7.74. The maximum atomic E-state index is 12.1. The van der Waals surface area contributed by atoms with E-state index in [0.29, 0.717) is 24.4 Å². The first kappa shape index (κ1) is 26.2. The van der Waals surface area contributed by atoms with E-state index in [4.69, 9.17) is 9.72 Å². The number of nitrogens with one attached hydrogen (secondary N) is 1. The third-order valence-corrected chi connectivity index (χ3v) is 10.1. The van der Waals surface area contributed by atoms with E-state index in [1.165, 1.54) is 0 Å². The number of aliphatic hydroxyl groups is 1. The van der Waals surface area contributed by atoms with Crippen molar-refractivity contribution >= 4 is 42.9 Å². The van der Waals surface area contributed by atoms with Crippen molar-refractivity contribution in [2.24, 2.45) is 7.05 Å². The Morgan fingerprint density at radius 3 is 2.47 bits per heavy atom. The fourth-order valence-electron chi connectivity index (χ4n) is 3.57. The lowest BCUT2D eigenvalue weighted by atomic mass is 10.2. The molecule has 1 heterocycles. The van der Waals surface area contributed by atoms with Crippen molar-refractivity contribution in [3.8, 4) is 5.75 Å². The number of hydrogen-bond donors (Lipinski definition) is 5. The van der Waals surface area contributed by atoms with Crippen LogP contribution in [-0.2, 0) is 21.0 Å². The van der Waals surface area contributed by atoms with Crippen molar-refractivity contribution in [1.82, 2.24) is 10.3 Å². The summed E-state index contributed by atoms with van der Waals surface area (Å²) in [5.41, 5.74) is 3.39. The molecule has 5 N–H and O–H groups in total. The summed E-state index contributed by atoms with van der Waals surface area (Å²) in [4.78, 5) is 44.8. The van der Waals surface area contributed by atoms with Gasteiger partial charge in [-0.2, -0.15) is 4.57 Å². The number of carbonyl (C=O) groups is 1. The van der Waals surface area contributed by atoms with Gasteiger partial charge >= 0.3 is 7.60 Å². The molecule has 34 heavy (non-hydrogen) atoms. The SMILES string of the molecule is C[n+]1c2ccccc2nc2c(OCCCC(=O)NCCC(O)(P(C)(=O)O)P(=O)(O)O)cccc21. The average molecular weight is 512 g/mol. The molecule has 2 unspecified atom stereocenters. The molecule has 0 saturated heterocycles. The van der Waals surface area contributed by atoms with Crippen LogP contribution in [0.15, 0.2) is 42.5 Å². The fraction of sp³-hybridized carbons (Fsp3) is 0.381. The number of amides is 1. The van der Waals surface area contributed by atoms with E-state index in [2.05, 4.69) is 5.32 Å². The van der Waals surface area contributed by atoms with Crippen LogP contribution in [0.25, 0.3) is 22.1 Å². The monoisotopic (exact) mass is 512 g/mol. The molecule has 2 aromatic carbocycles. The van der Waals surface area contributed by atoms with E-state index in [1.807, 2.05) is 48.0 Å². The standard InChI is InChI=1S/C21H27N3O8P2/c1-24-16-8-4-3-7-15(16)23-20-17(24)9-5-10-18(20)32-14-6-11-19(25)22-13-12-21(26,33(2,27)28)34(29,30)31/h3-5,7-10,26H,6,11-14H2,1-2H3,(H3-,22,25,27,28,29,30,31)/p+1. The summed E-state index contributed by atoms with van der Waals surface area (Å²) in [6.45, 7) is 0.505. The first-order valence-electron chi connectivity index (χ1n) is 10.5. The quantitative estimate of drug-likeness (QED) is 0.117. The Kier molecular flexibility index (Phi) is 7.77. The molecule has 11 nitrogen and oxygen atoms in total. The molecule has 2 atom stereocenters. The number of ether oxygens (including phenoxy) is 1. The summed E-state index contributed by atoms with van der Waals surface area (Å²) in [6, 6.07) is 13.3. The van der Waals surface area contributed by atoms with Crippen LogP contribution in [0.4, 0.5) is 0 Å². The summed E-state index contributed by atoms with van der Waals surface area (Å²) in [6.07, 6.45) is -0.375. The molecule has 0 aliphatic rings. The van der Waals surface area contributed by atoms with Gasteiger partial charge in [0.15, 0.2) is 11.3 Å². The molecule has 0 aliphatic carbocycles. The van der Waals surface area contributed by atoms with Crippen LogP contribution in [0.3, 0.4) is 0 Å². The molecule has 0 radical (unpaired) electrons. The van der Waals surface area contributed by atoms with Gasteiger partial charge < -0.3 is 29.8 Å². The second-order valence-electron chi connectivity index (χ2n) is 8.03. The van der Waals surface area contributed by atoms with E-state index in [9.17, 15) is 33.7 Å². The number of aromatic nitrogens is 2. The highest BCUT2D eigenvalue weighted by Gasteiger charge is 2.56. The van der Waals surface area contributed by atoms with Crippen molar-refractivity contribution in [3.63, 3.8) is 0 Å². The minimum absolute atomic E-state index is 0.0478. The van der Waals surface area contributed by atoms with Crippen molar-refractivity contribution in [1.29, 1.82) is 0 Å². The van der Waals surface area contributed by atoms with Gasteiger partial charge in [-0.25, -0.2) is 4.98 Å². The first-order valence-corrected chi connectivity index (χ1v) is 14.2. The zero-order chi connectivity index (χ0) is 25.1. The maximum Gasteiger partial charge on any atom is 0.366 e. The van der Waals surface area contributed by atoms with Crippen LogP contribution in [0.2, 0.25) is 0 Å². The van der Waals surface area contributed by atoms with Gasteiger partial charge in [0.25, 0.3) is 0 Å². The van der Waals surface area contributed by atoms with E-state index >= 15 is 0 Å². The van der Waals surface area contributed by atoms with E-state index in [0.717, 1.165) is 16.6 Å². The Morgan fingerprint density at radius 2 is 1.79 bits per heavy atom. The largest absolute Gasteiger partial charge is 0.491 e. The van der Waals surface area contributed by atoms with Gasteiger partial charge in [-0.1, -0.05) is 18.2 Å². The molecule has 0 saturated carbocycles. The molecule has 3 rings (SSSR count). The van der Waals surface area contributed by atoms with Gasteiger partial charge in [-0.05, 0) is 18.6 Å². The van der Waals surface area contributed by atoms with Gasteiger partial charge in [-0.15, -0.1) is 0 Å². The van der Waals surface area contributed by atoms with Crippen molar-refractivity contribution in [3.05, 3.63) is 42.5 Å². The van der Waals surface area contributed by atoms with Crippen molar-refractivity contribution in [2.75, 3.05) is 19.8 Å². The minimum atomic E-state index is -5.31. The number of benzene rings is 2. The Labute approximate surface area is 196 Å². The normalized spacial score (nSPS) is 15.6. The number of fused-ring (bicyclic) bond motifs is 2. The molecule has 1 amide bonds. The zero-order valence-corrected chi connectivity index (χ0v) is 20.6. The summed E-state index contributed by atoms with van der Waals surface area (Å²) in [5.74, 6) is 0.126. The van der Waals surface area contributed by atoms with E-state index < -0.39 is 32.4 Å². The predicted molar refractivity (Wildman–Crippen MR) is 126 cm³/mol. The molecular weight excluding hydrogens is 484 g/mol. The molecule has 0 aliphatic heterocycles. The molecular formula is C21H28N3O8P2+. The summed E-state index contributed by atoms with van der Waals surface area (Å²) >= 11 is 0. The Bertz CT molecular complexity index is 1280. The van der Waals surface area contributed by atoms with Gasteiger partial charge in [0, 0.05) is 38.2 Å². The predicted octanol–water partition coefficient (Wildman–Crippen LogP) is 1.60. The van der Waals surface area contributed by atoms with Crippen molar-refractivity contribution in [2.45, 2.75) is 24.3 Å². The molecule has 0 bridgehead atoms. The van der Waals surface area contributed by atoms with E-state index in [-0.39, 0.29) is 19.6 Å². The van der Waals surface area contributed by atoms with Crippen molar-refractivity contribution < 1.29 is 43.0 Å². The second kappa shape index (κ2) is 10.1. The van der Waals surface area contributed by atoms with Gasteiger partial charge in [0.2, 0.25) is 29.4 Å². The second-order valence-corrected chi connectivity index (χ2v) is 12.7. The number of para-hydroxylation sites is 3. The fourth-order valence-corrected chi connectivity index (χ4v) is 6.43. The third-order valence-electron chi connectivity index (χ3n) is 5.53. The lowest BCUT2D eigenvalue weighted by Gasteiger charge is -2.30. The smallest absolute Gasteiger partial charge is 0.366 e. The van der Waals surface area contributed by atoms with Crippen LogP contribution in [0.5, 0.6) is 5.75 Å². The number of aryl methyl sites for hydroxylation is 1. The lowest BCUT2D eigenvalue weighted by molar-refractivity contribution is -0.618. The van der Waals surface area contributed by atoms with Crippen LogP contribution >= 0.6 is 15.0 Å². The molecule has 184 valence electrons. The van der Waals surface area contributed by atoms with Gasteiger partial charge in [0.1, 0.15) is 12.6 Å². The molecule has 0 spiro atoms. The number of rotatable bonds is 10.